The first-order chi connectivity index (χ1) is 12.5. The van der Waals surface area contributed by atoms with E-state index in [2.05, 4.69) is 15.0 Å². The maximum atomic E-state index is 13.0. The summed E-state index contributed by atoms with van der Waals surface area (Å²) in [5.41, 5.74) is 0.805. The molecule has 3 aromatic rings. The van der Waals surface area contributed by atoms with E-state index in [1.807, 2.05) is 0 Å². The molecular weight excluding hydrogens is 373 g/mol. The molecule has 130 valence electrons. The zero-order valence-corrected chi connectivity index (χ0v) is 14.5. The SMILES string of the molecule is [B]C([B])([B])n1cc(C(F)(F)F)nc1-c1ccc(Cc2ccnc(Cl)n2)cc1. The monoisotopic (exact) mass is 382 g/mol. The van der Waals surface area contributed by atoms with Crippen molar-refractivity contribution in [2.45, 2.75) is 17.8 Å². The second-order valence-electron chi connectivity index (χ2n) is 5.90. The lowest BCUT2D eigenvalue weighted by molar-refractivity contribution is -0.140. The molecule has 0 saturated heterocycles. The van der Waals surface area contributed by atoms with Crippen LogP contribution in [0.15, 0.2) is 42.7 Å². The maximum Gasteiger partial charge on any atom is 0.434 e. The van der Waals surface area contributed by atoms with Crippen LogP contribution in [0, 0.1) is 0 Å². The average molecular weight is 382 g/mol. The third-order valence-corrected chi connectivity index (χ3v) is 3.88. The van der Waals surface area contributed by atoms with E-state index in [1.165, 1.54) is 6.20 Å². The van der Waals surface area contributed by atoms with Gasteiger partial charge in [0.05, 0.1) is 23.5 Å². The molecule has 11 heteroatoms. The number of nitrogens with zero attached hydrogens (tertiary/aromatic N) is 4. The van der Waals surface area contributed by atoms with Gasteiger partial charge in [-0.25, -0.2) is 15.0 Å². The summed E-state index contributed by atoms with van der Waals surface area (Å²) in [5.74, 6) is -0.0912. The van der Waals surface area contributed by atoms with Crippen LogP contribution >= 0.6 is 11.6 Å². The summed E-state index contributed by atoms with van der Waals surface area (Å²) in [6, 6.07) is 8.37. The second-order valence-corrected chi connectivity index (χ2v) is 6.23. The molecule has 0 aliphatic rings. The van der Waals surface area contributed by atoms with E-state index >= 15 is 0 Å². The topological polar surface area (TPSA) is 43.6 Å². The molecular formula is C16H9B3ClF3N4. The predicted molar refractivity (Wildman–Crippen MR) is 97.7 cm³/mol. The van der Waals surface area contributed by atoms with Gasteiger partial charge in [-0.1, -0.05) is 29.5 Å². The van der Waals surface area contributed by atoms with Crippen molar-refractivity contribution in [3.8, 4) is 11.4 Å². The van der Waals surface area contributed by atoms with Gasteiger partial charge in [0.2, 0.25) is 5.28 Å². The summed E-state index contributed by atoms with van der Waals surface area (Å²) in [6.45, 7) is 0. The smallest absolute Gasteiger partial charge is 0.350 e. The van der Waals surface area contributed by atoms with Crippen LogP contribution in [0.3, 0.4) is 0 Å². The largest absolute Gasteiger partial charge is 0.434 e. The summed E-state index contributed by atoms with van der Waals surface area (Å²) >= 11 is 5.75. The minimum Gasteiger partial charge on any atom is -0.350 e. The quantitative estimate of drug-likeness (QED) is 0.515. The Kier molecular flexibility index (Phi) is 5.12. The molecule has 3 rings (SSSR count). The fourth-order valence-electron chi connectivity index (χ4n) is 2.46. The first-order valence-electron chi connectivity index (χ1n) is 7.64. The standard InChI is InChI=1S/C16H9B3ClF3N4/c17-16(18,19)27-8-12(15(21,22)23)26-13(27)10-3-1-9(2-4-10)7-11-5-6-24-14(20)25-11/h1-6,8H,7H2. The lowest BCUT2D eigenvalue weighted by Crippen LogP contribution is -2.35. The Bertz CT molecular complexity index is 953. The molecule has 0 N–H and O–H groups in total. The van der Waals surface area contributed by atoms with E-state index in [-0.39, 0.29) is 11.1 Å². The summed E-state index contributed by atoms with van der Waals surface area (Å²) in [7, 11) is 16.7. The van der Waals surface area contributed by atoms with Crippen molar-refractivity contribution in [2.75, 3.05) is 0 Å². The molecule has 0 fully saturated rings. The zero-order chi connectivity index (χ0) is 19.8. The molecule has 0 bridgehead atoms. The van der Waals surface area contributed by atoms with Gasteiger partial charge in [-0.2, -0.15) is 13.2 Å². The normalized spacial score (nSPS) is 12.3. The minimum atomic E-state index is -4.66. The van der Waals surface area contributed by atoms with Gasteiger partial charge in [-0.3, -0.25) is 0 Å². The van der Waals surface area contributed by atoms with Crippen LogP contribution in [-0.4, -0.2) is 43.1 Å². The van der Waals surface area contributed by atoms with Crippen molar-refractivity contribution in [3.05, 3.63) is 65.0 Å². The minimum absolute atomic E-state index is 0.0912. The first-order valence-corrected chi connectivity index (χ1v) is 8.02. The van der Waals surface area contributed by atoms with Crippen LogP contribution in [0.25, 0.3) is 11.4 Å². The van der Waals surface area contributed by atoms with Crippen molar-refractivity contribution in [1.82, 2.24) is 19.5 Å². The van der Waals surface area contributed by atoms with Crippen molar-refractivity contribution >= 4 is 35.1 Å². The van der Waals surface area contributed by atoms with Gasteiger partial charge in [0.25, 0.3) is 0 Å². The molecule has 27 heavy (non-hydrogen) atoms. The third-order valence-electron chi connectivity index (χ3n) is 3.69. The molecule has 2 heterocycles. The summed E-state index contributed by atoms with van der Waals surface area (Å²) in [6.07, 6.45) is -1.96. The van der Waals surface area contributed by atoms with E-state index in [0.29, 0.717) is 23.9 Å². The number of hydrogen-bond donors (Lipinski definition) is 0. The third kappa shape index (κ3) is 4.55. The van der Waals surface area contributed by atoms with Gasteiger partial charge in [0.1, 0.15) is 5.82 Å². The van der Waals surface area contributed by atoms with E-state index in [0.717, 1.165) is 10.1 Å². The molecule has 4 nitrogen and oxygen atoms in total. The Balaban J connectivity index is 1.94. The van der Waals surface area contributed by atoms with E-state index in [9.17, 15) is 13.2 Å². The first kappa shape index (κ1) is 19.5. The molecule has 6 radical (unpaired) electrons. The summed E-state index contributed by atoms with van der Waals surface area (Å²) < 4.78 is 39.9. The number of alkyl halides is 3. The van der Waals surface area contributed by atoms with Gasteiger partial charge in [0.15, 0.2) is 5.69 Å². The Hall–Kier alpha value is -2.22. The predicted octanol–water partition coefficient (Wildman–Crippen LogP) is 2.68. The van der Waals surface area contributed by atoms with Crippen LogP contribution in [0.4, 0.5) is 13.2 Å². The Labute approximate surface area is 162 Å². The molecule has 2 aromatic heterocycles. The van der Waals surface area contributed by atoms with Crippen LogP contribution in [0.1, 0.15) is 17.0 Å². The van der Waals surface area contributed by atoms with E-state index < -0.39 is 17.1 Å². The maximum absolute atomic E-state index is 13.0. The fraction of sp³-hybridized carbons (Fsp3) is 0.188. The molecule has 0 spiro atoms. The Morgan fingerprint density at radius 2 is 1.67 bits per heavy atom. The lowest BCUT2D eigenvalue weighted by Gasteiger charge is -2.25. The number of rotatable bonds is 4. The number of benzene rings is 1. The summed E-state index contributed by atoms with van der Waals surface area (Å²) in [4.78, 5) is 11.5. The molecule has 0 amide bonds. The highest BCUT2D eigenvalue weighted by Gasteiger charge is 2.36. The Morgan fingerprint density at radius 1 is 1.00 bits per heavy atom. The highest BCUT2D eigenvalue weighted by atomic mass is 35.5. The number of imidazole rings is 1. The van der Waals surface area contributed by atoms with Crippen molar-refractivity contribution < 1.29 is 13.2 Å². The lowest BCUT2D eigenvalue weighted by atomic mass is 9.49. The molecule has 0 aliphatic carbocycles. The molecule has 0 aliphatic heterocycles. The van der Waals surface area contributed by atoms with E-state index in [1.54, 1.807) is 30.3 Å². The van der Waals surface area contributed by atoms with Crippen LogP contribution in [0.2, 0.25) is 5.28 Å². The van der Waals surface area contributed by atoms with Crippen LogP contribution in [-0.2, 0) is 17.8 Å². The van der Waals surface area contributed by atoms with E-state index in [4.69, 9.17) is 35.1 Å². The van der Waals surface area contributed by atoms with Gasteiger partial charge >= 0.3 is 6.18 Å². The number of hydrogen-bond acceptors (Lipinski definition) is 3. The van der Waals surface area contributed by atoms with Crippen molar-refractivity contribution in [1.29, 1.82) is 0 Å². The summed E-state index contributed by atoms with van der Waals surface area (Å²) in [5, 5.41) is -1.90. The second kappa shape index (κ2) is 7.07. The number of aromatic nitrogens is 4. The van der Waals surface area contributed by atoms with Crippen molar-refractivity contribution in [2.24, 2.45) is 0 Å². The van der Waals surface area contributed by atoms with Crippen LogP contribution in [0.5, 0.6) is 0 Å². The molecule has 0 atom stereocenters. The van der Waals surface area contributed by atoms with Gasteiger partial charge < -0.3 is 4.57 Å². The highest BCUT2D eigenvalue weighted by molar-refractivity contribution is 6.56. The average Bonchev–Trinajstić information content (AvgIpc) is 3.01. The molecule has 0 unspecified atom stereocenters. The fourth-order valence-corrected chi connectivity index (χ4v) is 2.63. The van der Waals surface area contributed by atoms with Crippen molar-refractivity contribution in [3.63, 3.8) is 0 Å². The van der Waals surface area contributed by atoms with Crippen LogP contribution < -0.4 is 0 Å². The zero-order valence-electron chi connectivity index (χ0n) is 13.8. The van der Waals surface area contributed by atoms with Gasteiger partial charge in [-0.15, -0.1) is 0 Å². The van der Waals surface area contributed by atoms with Gasteiger partial charge in [-0.05, 0) is 23.2 Å². The highest BCUT2D eigenvalue weighted by Crippen LogP contribution is 2.32. The number of halogens is 4. The Morgan fingerprint density at radius 3 is 2.22 bits per heavy atom. The van der Waals surface area contributed by atoms with Gasteiger partial charge in [0, 0.05) is 30.1 Å². The molecule has 1 aromatic carbocycles. The molecule has 0 saturated carbocycles.